The Labute approximate surface area is 191 Å². The van der Waals surface area contributed by atoms with Crippen LogP contribution in [0.3, 0.4) is 0 Å². The summed E-state index contributed by atoms with van der Waals surface area (Å²) in [5.41, 5.74) is 1.64. The van der Waals surface area contributed by atoms with Gasteiger partial charge in [-0.1, -0.05) is 35.5 Å². The van der Waals surface area contributed by atoms with Gasteiger partial charge in [0.15, 0.2) is 5.82 Å². The molecule has 3 aromatic heterocycles. The molecule has 5 rings (SSSR count). The number of fused-ring (bicyclic) bond motifs is 1. The average Bonchev–Trinajstić information content (AvgIpc) is 3.24. The van der Waals surface area contributed by atoms with Crippen LogP contribution in [0.15, 0.2) is 40.9 Å². The van der Waals surface area contributed by atoms with Gasteiger partial charge in [-0.2, -0.15) is 0 Å². The van der Waals surface area contributed by atoms with Crippen molar-refractivity contribution in [2.75, 3.05) is 5.32 Å². The summed E-state index contributed by atoms with van der Waals surface area (Å²) in [6.45, 7) is 1.81. The number of ether oxygens (including phenoxy) is 1. The maximum Gasteiger partial charge on any atom is 0.412 e. The second kappa shape index (κ2) is 8.11. The molecule has 0 bridgehead atoms. The summed E-state index contributed by atoms with van der Waals surface area (Å²) < 4.78 is 10.5. The van der Waals surface area contributed by atoms with Crippen molar-refractivity contribution in [2.24, 2.45) is 0 Å². The van der Waals surface area contributed by atoms with Gasteiger partial charge in [0.05, 0.1) is 5.52 Å². The summed E-state index contributed by atoms with van der Waals surface area (Å²) in [5.74, 6) is 5.46. The van der Waals surface area contributed by atoms with Gasteiger partial charge in [0, 0.05) is 4.88 Å². The largest absolute Gasteiger partial charge is 0.481 e. The molecule has 0 radical (unpaired) electrons. The Morgan fingerprint density at radius 1 is 1.30 bits per heavy atom. The summed E-state index contributed by atoms with van der Waals surface area (Å²) >= 11 is 1.36. The third-order valence-electron chi connectivity index (χ3n) is 5.41. The van der Waals surface area contributed by atoms with E-state index < -0.39 is 17.5 Å². The maximum absolute atomic E-state index is 12.2. The molecule has 3 heterocycles. The number of nitrogens with zero attached hydrogens (tertiary/aromatic N) is 2. The minimum absolute atomic E-state index is 0.131. The lowest BCUT2D eigenvalue weighted by Gasteiger charge is -2.06. The Balaban J connectivity index is 1.29. The van der Waals surface area contributed by atoms with Crippen LogP contribution in [0.4, 0.5) is 10.5 Å². The Bertz CT molecular complexity index is 1390. The van der Waals surface area contributed by atoms with Crippen LogP contribution in [0.2, 0.25) is 0 Å². The number of aryl methyl sites for hydroxylation is 1. The highest BCUT2D eigenvalue weighted by molar-refractivity contribution is 7.18. The number of thiophene rings is 1. The number of H-pyrrole nitrogens is 1. The number of rotatable bonds is 5. The third-order valence-corrected chi connectivity index (χ3v) is 6.64. The van der Waals surface area contributed by atoms with Crippen molar-refractivity contribution in [1.29, 1.82) is 0 Å². The number of carboxylic acids is 1. The highest BCUT2D eigenvalue weighted by Crippen LogP contribution is 2.51. The molecule has 1 aromatic carbocycles. The molecule has 0 atom stereocenters. The summed E-state index contributed by atoms with van der Waals surface area (Å²) in [5, 5.41) is 16.0. The molecule has 1 fully saturated rings. The Morgan fingerprint density at radius 2 is 2.09 bits per heavy atom. The van der Waals surface area contributed by atoms with E-state index in [0.717, 1.165) is 16.0 Å². The maximum atomic E-state index is 12.2. The number of hydrogen-bond acceptors (Lipinski definition) is 7. The number of amides is 1. The van der Waals surface area contributed by atoms with Gasteiger partial charge in [-0.3, -0.25) is 10.1 Å². The fourth-order valence-electron chi connectivity index (χ4n) is 3.38. The van der Waals surface area contributed by atoms with Crippen molar-refractivity contribution in [3.05, 3.63) is 64.1 Å². The zero-order valence-corrected chi connectivity index (χ0v) is 18.3. The number of aromatic nitrogens is 3. The number of nitrogens with one attached hydrogen (secondary N) is 2. The molecular formula is C23H18N4O5S. The van der Waals surface area contributed by atoms with Gasteiger partial charge in [0.25, 0.3) is 0 Å². The van der Waals surface area contributed by atoms with Gasteiger partial charge in [-0.15, -0.1) is 11.3 Å². The van der Waals surface area contributed by atoms with E-state index >= 15 is 0 Å². The second-order valence-corrected chi connectivity index (χ2v) is 8.74. The monoisotopic (exact) mass is 462 g/mol. The molecule has 1 amide bonds. The van der Waals surface area contributed by atoms with Crippen LogP contribution in [-0.2, 0) is 21.6 Å². The van der Waals surface area contributed by atoms with Crippen LogP contribution in [0.1, 0.15) is 40.6 Å². The molecule has 9 nitrogen and oxygen atoms in total. The first-order valence-corrected chi connectivity index (χ1v) is 11.0. The van der Waals surface area contributed by atoms with Crippen molar-refractivity contribution in [1.82, 2.24) is 15.1 Å². The number of carbonyl (C=O) groups excluding carboxylic acids is 1. The van der Waals surface area contributed by atoms with E-state index in [1.54, 1.807) is 6.92 Å². The highest BCUT2D eigenvalue weighted by Gasteiger charge is 2.53. The lowest BCUT2D eigenvalue weighted by Crippen LogP contribution is -2.17. The van der Waals surface area contributed by atoms with E-state index in [1.165, 1.54) is 11.3 Å². The molecule has 0 saturated heterocycles. The Kier molecular flexibility index (Phi) is 5.11. The van der Waals surface area contributed by atoms with Crippen LogP contribution >= 0.6 is 11.3 Å². The number of benzene rings is 1. The molecule has 166 valence electrons. The van der Waals surface area contributed by atoms with Crippen LogP contribution in [0, 0.1) is 18.8 Å². The van der Waals surface area contributed by atoms with Crippen LogP contribution < -0.4 is 5.32 Å². The number of anilines is 1. The van der Waals surface area contributed by atoms with Gasteiger partial charge in [0.1, 0.15) is 28.2 Å². The van der Waals surface area contributed by atoms with Crippen molar-refractivity contribution in [3.8, 4) is 11.8 Å². The van der Waals surface area contributed by atoms with Gasteiger partial charge in [-0.25, -0.2) is 9.78 Å². The number of carbonyl (C=O) groups is 2. The van der Waals surface area contributed by atoms with Crippen molar-refractivity contribution in [2.45, 2.75) is 31.8 Å². The zero-order chi connectivity index (χ0) is 23.0. The summed E-state index contributed by atoms with van der Waals surface area (Å²) in [7, 11) is 0. The fraction of sp³-hybridized carbons (Fsp3) is 0.217. The predicted molar refractivity (Wildman–Crippen MR) is 120 cm³/mol. The van der Waals surface area contributed by atoms with Gasteiger partial charge >= 0.3 is 12.1 Å². The molecule has 1 saturated carbocycles. The first kappa shape index (κ1) is 20.8. The fourth-order valence-corrected chi connectivity index (χ4v) is 4.60. The van der Waals surface area contributed by atoms with Gasteiger partial charge in [-0.05, 0) is 43.2 Å². The van der Waals surface area contributed by atoms with E-state index in [2.05, 4.69) is 32.3 Å². The van der Waals surface area contributed by atoms with Crippen LogP contribution in [0.25, 0.3) is 10.3 Å². The lowest BCUT2D eigenvalue weighted by atomic mass is 10.1. The quantitative estimate of drug-likeness (QED) is 0.379. The third kappa shape index (κ3) is 4.06. The SMILES string of the molecule is Cc1noc(C#Cc2nc3sc(C4(C(=O)O)CC4)cc3[nH]2)c1NC(=O)OCc1ccccc1. The molecule has 4 aromatic rings. The average molecular weight is 462 g/mol. The van der Waals surface area contributed by atoms with E-state index in [1.807, 2.05) is 36.4 Å². The number of carboxylic acid groups (broad SMARTS) is 1. The highest BCUT2D eigenvalue weighted by atomic mass is 32.1. The number of imidazole rings is 1. The van der Waals surface area contributed by atoms with E-state index in [4.69, 9.17) is 9.26 Å². The van der Waals surface area contributed by atoms with E-state index in [-0.39, 0.29) is 12.4 Å². The van der Waals surface area contributed by atoms with E-state index in [9.17, 15) is 14.7 Å². The zero-order valence-electron chi connectivity index (χ0n) is 17.5. The first-order valence-electron chi connectivity index (χ1n) is 10.1. The number of aliphatic carboxylic acids is 1. The van der Waals surface area contributed by atoms with Crippen LogP contribution in [0.5, 0.6) is 0 Å². The van der Waals surface area contributed by atoms with E-state index in [0.29, 0.717) is 34.9 Å². The topological polar surface area (TPSA) is 130 Å². The molecular weight excluding hydrogens is 444 g/mol. The second-order valence-electron chi connectivity index (χ2n) is 7.71. The summed E-state index contributed by atoms with van der Waals surface area (Å²) in [6.07, 6.45) is 0.644. The summed E-state index contributed by atoms with van der Waals surface area (Å²) in [4.78, 5) is 32.7. The standard InChI is InChI=1S/C23H18N4O5S/c1-13-19(26-22(30)31-12-14-5-3-2-4-6-14)16(32-27-13)7-8-18-24-15-11-17(33-20(15)25-18)23(9-10-23)21(28)29/h2-6,11H,9-10,12H2,1H3,(H,24,25)(H,26,30)(H,28,29). The number of aromatic amines is 1. The molecule has 0 aliphatic heterocycles. The molecule has 0 unspecified atom stereocenters. The molecule has 3 N–H and O–H groups in total. The lowest BCUT2D eigenvalue weighted by molar-refractivity contribution is -0.139. The molecule has 1 aliphatic carbocycles. The Morgan fingerprint density at radius 3 is 2.79 bits per heavy atom. The smallest absolute Gasteiger partial charge is 0.412 e. The summed E-state index contributed by atoms with van der Waals surface area (Å²) in [6, 6.07) is 11.2. The molecule has 1 aliphatic rings. The van der Waals surface area contributed by atoms with Gasteiger partial charge in [0.2, 0.25) is 5.76 Å². The van der Waals surface area contributed by atoms with Crippen molar-refractivity contribution >= 4 is 39.4 Å². The molecule has 33 heavy (non-hydrogen) atoms. The predicted octanol–water partition coefficient (Wildman–Crippen LogP) is 4.19. The van der Waals surface area contributed by atoms with Crippen molar-refractivity contribution < 1.29 is 24.0 Å². The minimum atomic E-state index is -0.797. The number of hydrogen-bond donors (Lipinski definition) is 3. The molecule has 10 heteroatoms. The Hall–Kier alpha value is -4.10. The minimum Gasteiger partial charge on any atom is -0.481 e. The van der Waals surface area contributed by atoms with Gasteiger partial charge < -0.3 is 19.4 Å². The van der Waals surface area contributed by atoms with Crippen molar-refractivity contribution in [3.63, 3.8) is 0 Å². The first-order chi connectivity index (χ1) is 15.9. The molecule has 0 spiro atoms. The normalized spacial score (nSPS) is 13.8. The van der Waals surface area contributed by atoms with Crippen LogP contribution in [-0.4, -0.2) is 32.3 Å².